The summed E-state index contributed by atoms with van der Waals surface area (Å²) in [6.07, 6.45) is 8.01. The van der Waals surface area contributed by atoms with E-state index in [-0.39, 0.29) is 22.6 Å². The second-order valence-corrected chi connectivity index (χ2v) is 8.43. The molecule has 0 atom stereocenters. The van der Waals surface area contributed by atoms with Crippen molar-refractivity contribution < 1.29 is 5.11 Å². The zero-order valence-corrected chi connectivity index (χ0v) is 14.0. The molecule has 5 rings (SSSR count). The van der Waals surface area contributed by atoms with Gasteiger partial charge in [0.25, 0.3) is 0 Å². The average molecular weight is 335 g/mol. The van der Waals surface area contributed by atoms with Crippen LogP contribution < -0.4 is 0 Å². The van der Waals surface area contributed by atoms with Gasteiger partial charge in [0.2, 0.25) is 0 Å². The van der Waals surface area contributed by atoms with Gasteiger partial charge in [-0.1, -0.05) is 0 Å². The van der Waals surface area contributed by atoms with Gasteiger partial charge in [-0.3, -0.25) is 0 Å². The minimum absolute atomic E-state index is 0.0465. The maximum absolute atomic E-state index is 9.81. The topological polar surface area (TPSA) is 56.9 Å². The molecule has 4 bridgehead atoms. The summed E-state index contributed by atoms with van der Waals surface area (Å²) in [4.78, 5) is 4.76. The summed E-state index contributed by atoms with van der Waals surface area (Å²) in [7, 11) is 0. The van der Waals surface area contributed by atoms with Crippen LogP contribution in [-0.2, 0) is 5.41 Å². The van der Waals surface area contributed by atoms with Crippen LogP contribution >= 0.6 is 22.9 Å². The average Bonchev–Trinajstić information content (AvgIpc) is 2.97. The molecule has 1 aromatic heterocycles. The molecule has 22 heavy (non-hydrogen) atoms. The molecule has 0 aromatic carbocycles. The second-order valence-electron chi connectivity index (χ2n) is 7.30. The summed E-state index contributed by atoms with van der Waals surface area (Å²) in [5.41, 5.74) is 1.62. The first-order valence-electron chi connectivity index (χ1n) is 7.98. The molecule has 1 N–H and O–H groups in total. The fourth-order valence-electron chi connectivity index (χ4n) is 5.36. The molecule has 116 valence electrons. The number of aliphatic hydroxyl groups excluding tert-OH is 1. The number of nitrogens with zero attached hydrogens (tertiary/aromatic N) is 2. The highest BCUT2D eigenvalue weighted by Gasteiger charge is 2.52. The monoisotopic (exact) mass is 334 g/mol. The van der Waals surface area contributed by atoms with Gasteiger partial charge in [-0.15, -0.1) is 22.9 Å². The Hall–Kier alpha value is -1.05. The van der Waals surface area contributed by atoms with E-state index in [2.05, 4.69) is 5.38 Å². The fourth-order valence-corrected chi connectivity index (χ4v) is 6.45. The van der Waals surface area contributed by atoms with Gasteiger partial charge in [-0.2, -0.15) is 5.26 Å². The van der Waals surface area contributed by atoms with Gasteiger partial charge in [0.15, 0.2) is 0 Å². The number of aromatic nitrogens is 1. The number of alkyl halides is 1. The van der Waals surface area contributed by atoms with E-state index in [4.69, 9.17) is 16.6 Å². The largest absolute Gasteiger partial charge is 0.510 e. The van der Waals surface area contributed by atoms with Crippen molar-refractivity contribution in [2.24, 2.45) is 17.8 Å². The van der Waals surface area contributed by atoms with Crippen LogP contribution in [0.2, 0.25) is 0 Å². The first kappa shape index (κ1) is 14.5. The first-order chi connectivity index (χ1) is 10.6. The van der Waals surface area contributed by atoms with Crippen molar-refractivity contribution in [3.8, 4) is 6.07 Å². The molecule has 4 fully saturated rings. The van der Waals surface area contributed by atoms with E-state index in [0.717, 1.165) is 23.4 Å². The van der Waals surface area contributed by atoms with Crippen LogP contribution in [0.15, 0.2) is 11.1 Å². The van der Waals surface area contributed by atoms with Crippen molar-refractivity contribution in [3.05, 3.63) is 21.8 Å². The minimum Gasteiger partial charge on any atom is -0.510 e. The van der Waals surface area contributed by atoms with Crippen LogP contribution in [0.25, 0.3) is 5.57 Å². The molecule has 4 saturated carbocycles. The standard InChI is InChI=1S/C17H19ClN2OS/c18-7-14(21)13(8-19)16-20-15(9-22-16)17-4-10-1-11(5-17)3-12(2-10)6-17/h9-12,21H,1-7H2/b14-13-. The molecular formula is C17H19ClN2OS. The van der Waals surface area contributed by atoms with Crippen molar-refractivity contribution in [2.45, 2.75) is 43.9 Å². The molecule has 3 nitrogen and oxygen atoms in total. The van der Waals surface area contributed by atoms with E-state index in [1.807, 2.05) is 6.07 Å². The number of rotatable bonds is 3. The van der Waals surface area contributed by atoms with Crippen LogP contribution in [0.1, 0.15) is 49.2 Å². The Balaban J connectivity index is 1.69. The number of aliphatic hydroxyl groups is 1. The van der Waals surface area contributed by atoms with Gasteiger partial charge in [-0.05, 0) is 56.3 Å². The van der Waals surface area contributed by atoms with Crippen LogP contribution in [0.4, 0.5) is 0 Å². The highest BCUT2D eigenvalue weighted by atomic mass is 35.5. The van der Waals surface area contributed by atoms with Crippen molar-refractivity contribution in [1.29, 1.82) is 5.26 Å². The van der Waals surface area contributed by atoms with E-state index in [0.29, 0.717) is 5.01 Å². The van der Waals surface area contributed by atoms with Crippen molar-refractivity contribution in [1.82, 2.24) is 4.98 Å². The number of halogens is 1. The third kappa shape index (κ3) is 2.18. The summed E-state index contributed by atoms with van der Waals surface area (Å²) in [6, 6.07) is 2.05. The van der Waals surface area contributed by atoms with E-state index in [1.165, 1.54) is 49.9 Å². The molecule has 1 heterocycles. The van der Waals surface area contributed by atoms with E-state index < -0.39 is 0 Å². The Kier molecular flexibility index (Phi) is 3.47. The Bertz CT molecular complexity index is 637. The van der Waals surface area contributed by atoms with Crippen LogP contribution in [0.5, 0.6) is 0 Å². The van der Waals surface area contributed by atoms with E-state index in [1.54, 1.807) is 0 Å². The summed E-state index contributed by atoms with van der Waals surface area (Å²) >= 11 is 7.12. The molecule has 5 heteroatoms. The van der Waals surface area contributed by atoms with Crippen molar-refractivity contribution >= 4 is 28.5 Å². The fraction of sp³-hybridized carbons (Fsp3) is 0.647. The second kappa shape index (κ2) is 5.25. The number of hydrogen-bond acceptors (Lipinski definition) is 4. The first-order valence-corrected chi connectivity index (χ1v) is 9.39. The number of nitriles is 1. The normalized spacial score (nSPS) is 37.0. The molecule has 0 spiro atoms. The minimum atomic E-state index is -0.0735. The van der Waals surface area contributed by atoms with E-state index >= 15 is 0 Å². The predicted molar refractivity (Wildman–Crippen MR) is 87.8 cm³/mol. The maximum Gasteiger partial charge on any atom is 0.137 e. The lowest BCUT2D eigenvalue weighted by Gasteiger charge is -2.56. The van der Waals surface area contributed by atoms with E-state index in [9.17, 15) is 10.4 Å². The molecule has 0 radical (unpaired) electrons. The predicted octanol–water partition coefficient (Wildman–Crippen LogP) is 4.64. The van der Waals surface area contributed by atoms with Gasteiger partial charge in [0, 0.05) is 10.8 Å². The molecule has 0 unspecified atom stereocenters. The summed E-state index contributed by atoms with van der Waals surface area (Å²) < 4.78 is 0. The van der Waals surface area contributed by atoms with Crippen LogP contribution in [0, 0.1) is 29.1 Å². The third-order valence-corrected chi connectivity index (χ3v) is 6.94. The summed E-state index contributed by atoms with van der Waals surface area (Å²) in [5, 5.41) is 21.8. The van der Waals surface area contributed by atoms with Crippen molar-refractivity contribution in [2.75, 3.05) is 5.88 Å². The quantitative estimate of drug-likeness (QED) is 0.497. The van der Waals surface area contributed by atoms with Gasteiger partial charge in [0.05, 0.1) is 11.6 Å². The molecule has 4 aliphatic rings. The number of hydrogen-bond donors (Lipinski definition) is 1. The summed E-state index contributed by atoms with van der Waals surface area (Å²) in [6.45, 7) is 0. The Morgan fingerprint density at radius 3 is 2.41 bits per heavy atom. The lowest BCUT2D eigenvalue weighted by molar-refractivity contribution is -0.00694. The maximum atomic E-state index is 9.81. The molecular weight excluding hydrogens is 316 g/mol. The molecule has 0 aliphatic heterocycles. The van der Waals surface area contributed by atoms with Gasteiger partial charge >= 0.3 is 0 Å². The third-order valence-electron chi connectivity index (χ3n) is 5.83. The van der Waals surface area contributed by atoms with Crippen LogP contribution in [0.3, 0.4) is 0 Å². The highest BCUT2D eigenvalue weighted by Crippen LogP contribution is 2.60. The summed E-state index contributed by atoms with van der Waals surface area (Å²) in [5.74, 6) is 2.50. The molecule has 0 saturated heterocycles. The van der Waals surface area contributed by atoms with Gasteiger partial charge < -0.3 is 5.11 Å². The Morgan fingerprint density at radius 1 is 1.32 bits per heavy atom. The molecule has 0 amide bonds. The number of allylic oxidation sites excluding steroid dienone is 2. The lowest BCUT2D eigenvalue weighted by Crippen LogP contribution is -2.48. The van der Waals surface area contributed by atoms with Crippen LogP contribution in [-0.4, -0.2) is 16.0 Å². The van der Waals surface area contributed by atoms with Gasteiger partial charge in [0.1, 0.15) is 22.4 Å². The lowest BCUT2D eigenvalue weighted by atomic mass is 9.49. The van der Waals surface area contributed by atoms with Crippen molar-refractivity contribution in [3.63, 3.8) is 0 Å². The molecule has 1 aromatic rings. The SMILES string of the molecule is N#C/C(=C(/O)CCl)c1nc(C23CC4CC(CC(C4)C2)C3)cs1. The zero-order chi connectivity index (χ0) is 15.3. The Morgan fingerprint density at radius 2 is 1.91 bits per heavy atom. The molecule has 4 aliphatic carbocycles. The number of thiazole rings is 1. The smallest absolute Gasteiger partial charge is 0.137 e. The zero-order valence-electron chi connectivity index (χ0n) is 12.4. The highest BCUT2D eigenvalue weighted by molar-refractivity contribution is 7.11. The van der Waals surface area contributed by atoms with Gasteiger partial charge in [-0.25, -0.2) is 4.98 Å². The Labute approximate surface area is 139 Å².